The molecule has 0 aromatic carbocycles. The van der Waals surface area contributed by atoms with Crippen LogP contribution >= 0.6 is 0 Å². The lowest BCUT2D eigenvalue weighted by atomic mass is 10.1. The first-order chi connectivity index (χ1) is 10.3. The number of aliphatic imine (C=N–C) groups is 1. The second kappa shape index (κ2) is 11.0. The Morgan fingerprint density at radius 1 is 1.14 bits per heavy atom. The summed E-state index contributed by atoms with van der Waals surface area (Å²) in [6.45, 7) is 8.56. The van der Waals surface area contributed by atoms with E-state index in [1.165, 1.54) is 50.8 Å². The fourth-order valence-corrected chi connectivity index (χ4v) is 3.32. The molecule has 1 N–H and O–H groups in total. The molecule has 21 heavy (non-hydrogen) atoms. The summed E-state index contributed by atoms with van der Waals surface area (Å²) in [6.07, 6.45) is 14.8. The van der Waals surface area contributed by atoms with Crippen LogP contribution in [-0.2, 0) is 0 Å². The van der Waals surface area contributed by atoms with E-state index in [0.717, 1.165) is 37.1 Å². The Morgan fingerprint density at radius 2 is 1.86 bits per heavy atom. The number of amidine groups is 1. The number of hydrogen-bond donors (Lipinski definition) is 1. The maximum atomic E-state index is 9.30. The summed E-state index contributed by atoms with van der Waals surface area (Å²) in [5, 5.41) is 9.30. The van der Waals surface area contributed by atoms with E-state index >= 15 is 0 Å². The summed E-state index contributed by atoms with van der Waals surface area (Å²) in [6, 6.07) is 0. The van der Waals surface area contributed by atoms with Crippen molar-refractivity contribution < 1.29 is 9.59 Å². The Hall–Kier alpha value is -0.670. The standard InChI is InChI=1S/C18H35N2O/c1-3-5-6-7-8-9-10-11-12-13-18-19-14-15-20(18,4-2)16-17-21/h3,5,21H,4,6-17H2,1-2H3/q+1/b5-3+. The SMILES string of the molecule is C/C=C/CCCCCCCCC1=NCC[N+]1(CC)CCO. The highest BCUT2D eigenvalue weighted by molar-refractivity contribution is 5.76. The van der Waals surface area contributed by atoms with Gasteiger partial charge in [-0.25, -0.2) is 4.99 Å². The third-order valence-corrected chi connectivity index (χ3v) is 4.76. The predicted octanol–water partition coefficient (Wildman–Crippen LogP) is 3.92. The lowest BCUT2D eigenvalue weighted by Crippen LogP contribution is -2.52. The van der Waals surface area contributed by atoms with Crippen LogP contribution in [0.3, 0.4) is 0 Å². The van der Waals surface area contributed by atoms with Gasteiger partial charge in [0.05, 0.1) is 19.7 Å². The van der Waals surface area contributed by atoms with Crippen molar-refractivity contribution >= 4 is 5.84 Å². The Bertz CT molecular complexity index is 325. The predicted molar refractivity (Wildman–Crippen MR) is 91.7 cm³/mol. The normalized spacial score (nSPS) is 22.1. The smallest absolute Gasteiger partial charge is 0.198 e. The van der Waals surface area contributed by atoms with Gasteiger partial charge >= 0.3 is 0 Å². The molecule has 0 spiro atoms. The molecule has 0 saturated carbocycles. The van der Waals surface area contributed by atoms with Gasteiger partial charge in [0.25, 0.3) is 0 Å². The van der Waals surface area contributed by atoms with Gasteiger partial charge < -0.3 is 5.11 Å². The van der Waals surface area contributed by atoms with Crippen LogP contribution in [0.4, 0.5) is 0 Å². The average Bonchev–Trinajstić information content (AvgIpc) is 2.89. The third kappa shape index (κ3) is 6.31. The molecule has 122 valence electrons. The van der Waals surface area contributed by atoms with Gasteiger partial charge in [0.1, 0.15) is 13.1 Å². The molecule has 0 bridgehead atoms. The van der Waals surface area contributed by atoms with E-state index < -0.39 is 0 Å². The van der Waals surface area contributed by atoms with Crippen molar-refractivity contribution in [3.8, 4) is 0 Å². The summed E-state index contributed by atoms with van der Waals surface area (Å²) in [4.78, 5) is 4.72. The summed E-state index contributed by atoms with van der Waals surface area (Å²) in [5.74, 6) is 1.35. The van der Waals surface area contributed by atoms with E-state index in [2.05, 4.69) is 26.0 Å². The molecule has 0 aromatic rings. The molecular weight excluding hydrogens is 260 g/mol. The van der Waals surface area contributed by atoms with E-state index in [1.54, 1.807) is 0 Å². The lowest BCUT2D eigenvalue weighted by molar-refractivity contribution is -0.835. The Labute approximate surface area is 131 Å². The zero-order chi connectivity index (χ0) is 15.4. The zero-order valence-electron chi connectivity index (χ0n) is 14.2. The summed E-state index contributed by atoms with van der Waals surface area (Å²) >= 11 is 0. The molecule has 0 fully saturated rings. The maximum Gasteiger partial charge on any atom is 0.198 e. The van der Waals surface area contributed by atoms with E-state index in [4.69, 9.17) is 4.99 Å². The molecular formula is C18H35N2O+. The molecule has 3 heteroatoms. The van der Waals surface area contributed by atoms with Crippen LogP contribution in [0.25, 0.3) is 0 Å². The van der Waals surface area contributed by atoms with Gasteiger partial charge in [-0.3, -0.25) is 4.48 Å². The van der Waals surface area contributed by atoms with Gasteiger partial charge in [-0.1, -0.05) is 37.8 Å². The van der Waals surface area contributed by atoms with E-state index in [1.807, 2.05) is 0 Å². The molecule has 1 unspecified atom stereocenters. The van der Waals surface area contributed by atoms with E-state index in [9.17, 15) is 5.11 Å². The molecule has 0 amide bonds. The average molecular weight is 295 g/mol. The fraction of sp³-hybridized carbons (Fsp3) is 0.833. The van der Waals surface area contributed by atoms with Crippen molar-refractivity contribution in [2.75, 3.05) is 32.8 Å². The fourth-order valence-electron chi connectivity index (χ4n) is 3.32. The molecule has 1 rings (SSSR count). The van der Waals surface area contributed by atoms with Crippen molar-refractivity contribution in [3.05, 3.63) is 12.2 Å². The molecule has 1 atom stereocenters. The number of aliphatic hydroxyl groups is 1. The Morgan fingerprint density at radius 3 is 2.52 bits per heavy atom. The first kappa shape index (κ1) is 18.4. The first-order valence-electron chi connectivity index (χ1n) is 8.91. The largest absolute Gasteiger partial charge is 0.390 e. The number of quaternary nitrogens is 1. The van der Waals surface area contributed by atoms with Gasteiger partial charge in [-0.2, -0.15) is 0 Å². The quantitative estimate of drug-likeness (QED) is 0.330. The summed E-state index contributed by atoms with van der Waals surface area (Å²) in [7, 11) is 0. The number of hydrogen-bond acceptors (Lipinski definition) is 2. The molecule has 3 nitrogen and oxygen atoms in total. The van der Waals surface area contributed by atoms with Gasteiger partial charge in [-0.15, -0.1) is 0 Å². The Balaban J connectivity index is 2.12. The molecule has 1 aliphatic heterocycles. The molecule has 0 radical (unpaired) electrons. The number of rotatable bonds is 12. The van der Waals surface area contributed by atoms with E-state index in [-0.39, 0.29) is 6.61 Å². The van der Waals surface area contributed by atoms with Crippen LogP contribution in [0.15, 0.2) is 17.1 Å². The van der Waals surface area contributed by atoms with Crippen molar-refractivity contribution in [1.82, 2.24) is 0 Å². The highest BCUT2D eigenvalue weighted by atomic mass is 16.3. The van der Waals surface area contributed by atoms with Crippen LogP contribution in [0.1, 0.15) is 65.2 Å². The second-order valence-electron chi connectivity index (χ2n) is 6.16. The monoisotopic (exact) mass is 295 g/mol. The molecule has 0 aliphatic carbocycles. The van der Waals surface area contributed by atoms with Gasteiger partial charge in [-0.05, 0) is 33.1 Å². The zero-order valence-corrected chi connectivity index (χ0v) is 14.2. The first-order valence-corrected chi connectivity index (χ1v) is 8.91. The van der Waals surface area contributed by atoms with Crippen molar-refractivity contribution in [1.29, 1.82) is 0 Å². The second-order valence-corrected chi connectivity index (χ2v) is 6.16. The van der Waals surface area contributed by atoms with Crippen LogP contribution in [0.5, 0.6) is 0 Å². The topological polar surface area (TPSA) is 32.6 Å². The number of allylic oxidation sites excluding steroid dienone is 2. The molecule has 0 saturated heterocycles. The molecule has 1 aliphatic rings. The van der Waals surface area contributed by atoms with Crippen molar-refractivity contribution in [3.63, 3.8) is 0 Å². The van der Waals surface area contributed by atoms with Gasteiger partial charge in [0.15, 0.2) is 5.84 Å². The van der Waals surface area contributed by atoms with Gasteiger partial charge in [0.2, 0.25) is 0 Å². The number of aliphatic hydroxyl groups excluding tert-OH is 1. The van der Waals surface area contributed by atoms with Crippen LogP contribution in [-0.4, -0.2) is 48.2 Å². The third-order valence-electron chi connectivity index (χ3n) is 4.76. The highest BCUT2D eigenvalue weighted by Crippen LogP contribution is 2.19. The maximum absolute atomic E-state index is 9.30. The summed E-state index contributed by atoms with van der Waals surface area (Å²) < 4.78 is 0.944. The van der Waals surface area contributed by atoms with Gasteiger partial charge in [0, 0.05) is 6.42 Å². The highest BCUT2D eigenvalue weighted by Gasteiger charge is 2.35. The minimum atomic E-state index is 0.277. The van der Waals surface area contributed by atoms with Crippen LogP contribution in [0.2, 0.25) is 0 Å². The number of nitrogens with zero attached hydrogens (tertiary/aromatic N) is 2. The molecule has 0 aromatic heterocycles. The van der Waals surface area contributed by atoms with E-state index in [0.29, 0.717) is 0 Å². The van der Waals surface area contributed by atoms with Crippen molar-refractivity contribution in [2.45, 2.75) is 65.2 Å². The van der Waals surface area contributed by atoms with Crippen molar-refractivity contribution in [2.24, 2.45) is 4.99 Å². The van der Waals surface area contributed by atoms with Crippen LogP contribution in [0, 0.1) is 0 Å². The summed E-state index contributed by atoms with van der Waals surface area (Å²) in [5.41, 5.74) is 0. The number of likely N-dealkylation sites (N-methyl/N-ethyl adjacent to an activating group) is 1. The number of unbranched alkanes of at least 4 members (excludes halogenated alkanes) is 6. The Kier molecular flexibility index (Phi) is 9.60. The minimum absolute atomic E-state index is 0.277. The van der Waals surface area contributed by atoms with Crippen LogP contribution < -0.4 is 0 Å². The molecule has 1 heterocycles. The lowest BCUT2D eigenvalue weighted by Gasteiger charge is -2.33. The minimum Gasteiger partial charge on any atom is -0.390 e.